The summed E-state index contributed by atoms with van der Waals surface area (Å²) in [5.74, 6) is 0. The molecule has 0 amide bonds. The van der Waals surface area contributed by atoms with Crippen molar-refractivity contribution in [3.63, 3.8) is 0 Å². The molecule has 2 rings (SSSR count). The van der Waals surface area contributed by atoms with Gasteiger partial charge in [-0.2, -0.15) is 0 Å². The molecule has 0 bridgehead atoms. The maximum atomic E-state index is 8.66. The Kier molecular flexibility index (Phi) is 4.87. The van der Waals surface area contributed by atoms with Crippen molar-refractivity contribution in [2.24, 2.45) is 0 Å². The Morgan fingerprint density at radius 1 is 1.22 bits per heavy atom. The van der Waals surface area contributed by atoms with E-state index >= 15 is 0 Å². The van der Waals surface area contributed by atoms with Gasteiger partial charge >= 0.3 is 0 Å². The first-order valence-corrected chi connectivity index (χ1v) is 7.00. The Hall–Kier alpha value is -1.23. The van der Waals surface area contributed by atoms with Gasteiger partial charge in [0.05, 0.1) is 17.3 Å². The molecule has 0 radical (unpaired) electrons. The Bertz CT molecular complexity index is 479. The summed E-state index contributed by atoms with van der Waals surface area (Å²) in [6.07, 6.45) is 0.913. The van der Waals surface area contributed by atoms with Crippen LogP contribution < -0.4 is 5.32 Å². The van der Waals surface area contributed by atoms with Crippen LogP contribution in [0, 0.1) is 6.92 Å². The van der Waals surface area contributed by atoms with E-state index in [1.165, 1.54) is 11.1 Å². The SMILES string of the molecule is Cc1ccc(-c2csc(CCNCCO)n2)cc1. The lowest BCUT2D eigenvalue weighted by Crippen LogP contribution is -2.20. The molecule has 0 atom stereocenters. The Balaban J connectivity index is 1.95. The zero-order chi connectivity index (χ0) is 12.8. The van der Waals surface area contributed by atoms with Crippen LogP contribution in [-0.4, -0.2) is 29.8 Å². The minimum absolute atomic E-state index is 0.187. The highest BCUT2D eigenvalue weighted by molar-refractivity contribution is 7.09. The first-order valence-electron chi connectivity index (χ1n) is 6.12. The largest absolute Gasteiger partial charge is 0.395 e. The Morgan fingerprint density at radius 3 is 2.72 bits per heavy atom. The summed E-state index contributed by atoms with van der Waals surface area (Å²) in [6, 6.07) is 8.44. The van der Waals surface area contributed by atoms with Crippen molar-refractivity contribution >= 4 is 11.3 Å². The van der Waals surface area contributed by atoms with E-state index < -0.39 is 0 Å². The molecule has 0 aliphatic rings. The fourth-order valence-electron chi connectivity index (χ4n) is 1.68. The quantitative estimate of drug-likeness (QED) is 0.785. The number of aliphatic hydroxyl groups is 1. The minimum atomic E-state index is 0.187. The van der Waals surface area contributed by atoms with Crippen LogP contribution in [0.3, 0.4) is 0 Å². The second kappa shape index (κ2) is 6.64. The van der Waals surface area contributed by atoms with Crippen molar-refractivity contribution in [1.29, 1.82) is 0 Å². The lowest BCUT2D eigenvalue weighted by molar-refractivity contribution is 0.293. The van der Waals surface area contributed by atoms with E-state index in [9.17, 15) is 0 Å². The lowest BCUT2D eigenvalue weighted by atomic mass is 10.1. The maximum absolute atomic E-state index is 8.66. The number of aryl methyl sites for hydroxylation is 1. The highest BCUT2D eigenvalue weighted by Gasteiger charge is 2.04. The number of rotatable bonds is 6. The maximum Gasteiger partial charge on any atom is 0.0945 e. The molecule has 0 aliphatic carbocycles. The molecule has 0 spiro atoms. The summed E-state index contributed by atoms with van der Waals surface area (Å²) < 4.78 is 0. The first kappa shape index (κ1) is 13.2. The van der Waals surface area contributed by atoms with Crippen LogP contribution in [0.4, 0.5) is 0 Å². The van der Waals surface area contributed by atoms with Crippen LogP contribution in [0.15, 0.2) is 29.6 Å². The fourth-order valence-corrected chi connectivity index (χ4v) is 2.49. The highest BCUT2D eigenvalue weighted by Crippen LogP contribution is 2.22. The van der Waals surface area contributed by atoms with E-state index in [1.54, 1.807) is 11.3 Å². The highest BCUT2D eigenvalue weighted by atomic mass is 32.1. The zero-order valence-corrected chi connectivity index (χ0v) is 11.3. The molecule has 0 saturated carbocycles. The third-order valence-corrected chi connectivity index (χ3v) is 3.61. The van der Waals surface area contributed by atoms with Gasteiger partial charge in [-0.15, -0.1) is 11.3 Å². The molecule has 0 unspecified atom stereocenters. The molecule has 0 aliphatic heterocycles. The van der Waals surface area contributed by atoms with Crippen LogP contribution in [0.5, 0.6) is 0 Å². The minimum Gasteiger partial charge on any atom is -0.395 e. The average molecular weight is 262 g/mol. The molecular weight excluding hydrogens is 244 g/mol. The number of aliphatic hydroxyl groups excluding tert-OH is 1. The second-order valence-electron chi connectivity index (χ2n) is 4.22. The number of aromatic nitrogens is 1. The van der Waals surface area contributed by atoms with E-state index in [-0.39, 0.29) is 6.61 Å². The number of hydrogen-bond acceptors (Lipinski definition) is 4. The average Bonchev–Trinajstić information content (AvgIpc) is 2.84. The van der Waals surface area contributed by atoms with Gasteiger partial charge in [-0.1, -0.05) is 29.8 Å². The number of thiazole rings is 1. The van der Waals surface area contributed by atoms with E-state index in [4.69, 9.17) is 5.11 Å². The van der Waals surface area contributed by atoms with Crippen LogP contribution in [-0.2, 0) is 6.42 Å². The van der Waals surface area contributed by atoms with Crippen molar-refractivity contribution in [2.45, 2.75) is 13.3 Å². The van der Waals surface area contributed by atoms with Gasteiger partial charge in [0.2, 0.25) is 0 Å². The number of nitrogens with zero attached hydrogens (tertiary/aromatic N) is 1. The van der Waals surface area contributed by atoms with Gasteiger partial charge in [-0.3, -0.25) is 0 Å². The van der Waals surface area contributed by atoms with Crippen molar-refractivity contribution in [3.8, 4) is 11.3 Å². The van der Waals surface area contributed by atoms with Crippen LogP contribution >= 0.6 is 11.3 Å². The summed E-state index contributed by atoms with van der Waals surface area (Å²) in [6.45, 7) is 3.78. The van der Waals surface area contributed by atoms with E-state index in [2.05, 4.69) is 46.9 Å². The Morgan fingerprint density at radius 2 is 2.00 bits per heavy atom. The van der Waals surface area contributed by atoms with Crippen molar-refractivity contribution in [2.75, 3.05) is 19.7 Å². The molecule has 96 valence electrons. The van der Waals surface area contributed by atoms with Crippen molar-refractivity contribution in [3.05, 3.63) is 40.2 Å². The van der Waals surface area contributed by atoms with Gasteiger partial charge in [0, 0.05) is 30.5 Å². The molecular formula is C14H18N2OS. The van der Waals surface area contributed by atoms with Gasteiger partial charge in [-0.25, -0.2) is 4.98 Å². The predicted octanol–water partition coefficient (Wildman–Crippen LogP) is 2.24. The molecule has 4 heteroatoms. The molecule has 1 heterocycles. The summed E-state index contributed by atoms with van der Waals surface area (Å²) in [5.41, 5.74) is 3.49. The van der Waals surface area contributed by atoms with Crippen molar-refractivity contribution < 1.29 is 5.11 Å². The molecule has 2 N–H and O–H groups in total. The molecule has 1 aromatic carbocycles. The second-order valence-corrected chi connectivity index (χ2v) is 5.16. The molecule has 2 aromatic rings. The van der Waals surface area contributed by atoms with Crippen LogP contribution in [0.1, 0.15) is 10.6 Å². The molecule has 18 heavy (non-hydrogen) atoms. The molecule has 1 aromatic heterocycles. The summed E-state index contributed by atoms with van der Waals surface area (Å²) >= 11 is 1.69. The van der Waals surface area contributed by atoms with Gasteiger partial charge in [0.15, 0.2) is 0 Å². The standard InChI is InChI=1S/C14H18N2OS/c1-11-2-4-12(5-3-11)13-10-18-14(16-13)6-7-15-8-9-17/h2-5,10,15,17H,6-9H2,1H3. The molecule has 0 saturated heterocycles. The molecule has 3 nitrogen and oxygen atoms in total. The van der Waals surface area contributed by atoms with E-state index in [1.807, 2.05) is 0 Å². The molecule has 0 fully saturated rings. The van der Waals surface area contributed by atoms with Crippen LogP contribution in [0.25, 0.3) is 11.3 Å². The van der Waals surface area contributed by atoms with Gasteiger partial charge in [0.1, 0.15) is 0 Å². The monoisotopic (exact) mass is 262 g/mol. The summed E-state index contributed by atoms with van der Waals surface area (Å²) in [4.78, 5) is 4.62. The van der Waals surface area contributed by atoms with E-state index in [0.717, 1.165) is 23.7 Å². The summed E-state index contributed by atoms with van der Waals surface area (Å²) in [7, 11) is 0. The zero-order valence-electron chi connectivity index (χ0n) is 10.5. The first-order chi connectivity index (χ1) is 8.79. The lowest BCUT2D eigenvalue weighted by Gasteiger charge is -1.99. The van der Waals surface area contributed by atoms with Gasteiger partial charge in [-0.05, 0) is 6.92 Å². The third kappa shape index (κ3) is 3.63. The fraction of sp³-hybridized carbons (Fsp3) is 0.357. The number of benzene rings is 1. The normalized spacial score (nSPS) is 10.8. The smallest absolute Gasteiger partial charge is 0.0945 e. The van der Waals surface area contributed by atoms with Gasteiger partial charge in [0.25, 0.3) is 0 Å². The van der Waals surface area contributed by atoms with Crippen molar-refractivity contribution in [1.82, 2.24) is 10.3 Å². The number of hydrogen-bond donors (Lipinski definition) is 2. The third-order valence-electron chi connectivity index (χ3n) is 2.70. The topological polar surface area (TPSA) is 45.1 Å². The van der Waals surface area contributed by atoms with Gasteiger partial charge < -0.3 is 10.4 Å². The van der Waals surface area contributed by atoms with E-state index in [0.29, 0.717) is 6.54 Å². The van der Waals surface area contributed by atoms with Crippen LogP contribution in [0.2, 0.25) is 0 Å². The summed E-state index contributed by atoms with van der Waals surface area (Å²) in [5, 5.41) is 15.1. The Labute approximate surface area is 112 Å². The number of nitrogens with one attached hydrogen (secondary N) is 1. The predicted molar refractivity (Wildman–Crippen MR) is 75.9 cm³/mol.